The number of azo groups is 1. The van der Waals surface area contributed by atoms with E-state index in [-0.39, 0.29) is 6.29 Å². The second-order valence-electron chi connectivity index (χ2n) is 4.01. The van der Waals surface area contributed by atoms with Crippen LogP contribution in [0, 0.1) is 0 Å². The number of hydrogen-bond acceptors (Lipinski definition) is 4. The second kappa shape index (κ2) is 4.97. The lowest BCUT2D eigenvalue weighted by Gasteiger charge is -2.16. The van der Waals surface area contributed by atoms with Crippen molar-refractivity contribution in [1.29, 1.82) is 0 Å². The van der Waals surface area contributed by atoms with Crippen LogP contribution in [0.3, 0.4) is 0 Å². The highest BCUT2D eigenvalue weighted by atomic mass is 16.5. The van der Waals surface area contributed by atoms with E-state index in [4.69, 9.17) is 4.74 Å². The molecule has 1 N–H and O–H groups in total. The van der Waals surface area contributed by atoms with Crippen LogP contribution in [0.2, 0.25) is 0 Å². The SMILES string of the molecule is COc1ccc(N=NC2N(C)C=C[NH+]2C)cc1. The minimum Gasteiger partial charge on any atom is -0.497 e. The lowest BCUT2D eigenvalue weighted by atomic mass is 10.3. The zero-order valence-electron chi connectivity index (χ0n) is 10.3. The van der Waals surface area contributed by atoms with Crippen LogP contribution in [0.5, 0.6) is 5.75 Å². The number of ether oxygens (including phenoxy) is 1. The highest BCUT2D eigenvalue weighted by Crippen LogP contribution is 2.18. The van der Waals surface area contributed by atoms with E-state index in [9.17, 15) is 0 Å². The average Bonchev–Trinajstić information content (AvgIpc) is 2.67. The third kappa shape index (κ3) is 2.62. The topological polar surface area (TPSA) is 41.6 Å². The molecule has 1 aliphatic heterocycles. The fourth-order valence-corrected chi connectivity index (χ4v) is 1.67. The van der Waals surface area contributed by atoms with Crippen molar-refractivity contribution in [1.82, 2.24) is 4.90 Å². The van der Waals surface area contributed by atoms with E-state index in [1.807, 2.05) is 42.4 Å². The Bertz CT molecular complexity index is 415. The van der Waals surface area contributed by atoms with Gasteiger partial charge in [0.25, 0.3) is 6.29 Å². The zero-order valence-corrected chi connectivity index (χ0v) is 10.3. The van der Waals surface area contributed by atoms with Gasteiger partial charge >= 0.3 is 0 Å². The van der Waals surface area contributed by atoms with Gasteiger partial charge in [0.2, 0.25) is 0 Å². The molecule has 2 atom stereocenters. The Hall–Kier alpha value is -1.88. The predicted molar refractivity (Wildman–Crippen MR) is 65.1 cm³/mol. The van der Waals surface area contributed by atoms with Gasteiger partial charge < -0.3 is 9.64 Å². The Morgan fingerprint density at radius 3 is 2.53 bits per heavy atom. The minimum atomic E-state index is 0.0251. The van der Waals surface area contributed by atoms with E-state index in [2.05, 4.69) is 23.5 Å². The van der Waals surface area contributed by atoms with Gasteiger partial charge in [0.05, 0.1) is 26.0 Å². The van der Waals surface area contributed by atoms with Crippen molar-refractivity contribution in [2.24, 2.45) is 10.2 Å². The fourth-order valence-electron chi connectivity index (χ4n) is 1.67. The second-order valence-corrected chi connectivity index (χ2v) is 4.01. The summed E-state index contributed by atoms with van der Waals surface area (Å²) in [5, 5.41) is 8.55. The molecule has 17 heavy (non-hydrogen) atoms. The van der Waals surface area contributed by atoms with Crippen molar-refractivity contribution in [3.8, 4) is 5.75 Å². The maximum absolute atomic E-state index is 5.09. The lowest BCUT2D eigenvalue weighted by Crippen LogP contribution is -3.08. The molecule has 0 bridgehead atoms. The van der Waals surface area contributed by atoms with Crippen LogP contribution in [-0.2, 0) is 0 Å². The van der Waals surface area contributed by atoms with Gasteiger partial charge in [-0.3, -0.25) is 4.90 Å². The van der Waals surface area contributed by atoms with Gasteiger partial charge in [-0.2, -0.15) is 0 Å². The van der Waals surface area contributed by atoms with Crippen molar-refractivity contribution in [2.45, 2.75) is 6.29 Å². The molecule has 90 valence electrons. The van der Waals surface area contributed by atoms with E-state index >= 15 is 0 Å². The number of quaternary nitrogens is 1. The predicted octanol–water partition coefficient (Wildman–Crippen LogP) is 0.994. The van der Waals surface area contributed by atoms with Gasteiger partial charge in [-0.1, -0.05) is 0 Å². The normalized spacial score (nSPS) is 23.6. The standard InChI is InChI=1S/C12H16N4O/c1-15-8-9-16(2)12(15)14-13-10-4-6-11(17-3)7-5-10/h4-9,12H,1-3H3/p+1. The van der Waals surface area contributed by atoms with Crippen molar-refractivity contribution < 1.29 is 9.64 Å². The minimum absolute atomic E-state index is 0.0251. The maximum Gasteiger partial charge on any atom is 0.284 e. The molecule has 0 radical (unpaired) electrons. The summed E-state index contributed by atoms with van der Waals surface area (Å²) >= 11 is 0. The molecular weight excluding hydrogens is 216 g/mol. The molecule has 0 saturated carbocycles. The Morgan fingerprint density at radius 1 is 1.29 bits per heavy atom. The first-order valence-corrected chi connectivity index (χ1v) is 5.49. The molecule has 0 fully saturated rings. The Kier molecular flexibility index (Phi) is 3.39. The van der Waals surface area contributed by atoms with Gasteiger partial charge in [-0.15, -0.1) is 10.2 Å². The van der Waals surface area contributed by atoms with Gasteiger partial charge in [-0.25, -0.2) is 0 Å². The van der Waals surface area contributed by atoms with Crippen LogP contribution in [0.1, 0.15) is 0 Å². The van der Waals surface area contributed by atoms with Crippen molar-refractivity contribution in [2.75, 3.05) is 21.2 Å². The van der Waals surface area contributed by atoms with Crippen LogP contribution in [0.4, 0.5) is 5.69 Å². The summed E-state index contributed by atoms with van der Waals surface area (Å²) in [6, 6.07) is 7.53. The molecule has 1 aromatic rings. The van der Waals surface area contributed by atoms with Crippen LogP contribution in [0.15, 0.2) is 46.9 Å². The molecule has 2 unspecified atom stereocenters. The van der Waals surface area contributed by atoms with Gasteiger partial charge in [0.15, 0.2) is 0 Å². The maximum atomic E-state index is 5.09. The zero-order chi connectivity index (χ0) is 12.3. The van der Waals surface area contributed by atoms with E-state index in [1.165, 1.54) is 4.90 Å². The molecule has 5 heteroatoms. The smallest absolute Gasteiger partial charge is 0.284 e. The summed E-state index contributed by atoms with van der Waals surface area (Å²) in [6.45, 7) is 0. The number of benzene rings is 1. The molecule has 0 amide bonds. The summed E-state index contributed by atoms with van der Waals surface area (Å²) in [5.41, 5.74) is 0.832. The third-order valence-electron chi connectivity index (χ3n) is 2.72. The molecule has 1 aromatic carbocycles. The number of rotatable bonds is 3. The monoisotopic (exact) mass is 233 g/mol. The Labute approximate surface area is 101 Å². The first-order valence-electron chi connectivity index (χ1n) is 5.49. The summed E-state index contributed by atoms with van der Waals surface area (Å²) in [4.78, 5) is 3.23. The van der Waals surface area contributed by atoms with Crippen LogP contribution in [0.25, 0.3) is 0 Å². The molecule has 0 spiro atoms. The third-order valence-corrected chi connectivity index (χ3v) is 2.72. The summed E-state index contributed by atoms with van der Waals surface area (Å²) < 4.78 is 5.09. The molecule has 5 nitrogen and oxygen atoms in total. The van der Waals surface area contributed by atoms with E-state index < -0.39 is 0 Å². The fraction of sp³-hybridized carbons (Fsp3) is 0.333. The van der Waals surface area contributed by atoms with Gasteiger partial charge in [-0.05, 0) is 24.3 Å². The highest BCUT2D eigenvalue weighted by molar-refractivity contribution is 5.40. The van der Waals surface area contributed by atoms with Crippen LogP contribution < -0.4 is 9.64 Å². The number of hydrogen-bond donors (Lipinski definition) is 1. The van der Waals surface area contributed by atoms with Crippen molar-refractivity contribution in [3.63, 3.8) is 0 Å². The molecule has 0 saturated heterocycles. The summed E-state index contributed by atoms with van der Waals surface area (Å²) in [5.74, 6) is 0.825. The summed E-state index contributed by atoms with van der Waals surface area (Å²) in [6.07, 6.45) is 4.09. The highest BCUT2D eigenvalue weighted by Gasteiger charge is 2.24. The van der Waals surface area contributed by atoms with Crippen molar-refractivity contribution >= 4 is 5.69 Å². The molecule has 1 aliphatic rings. The molecule has 0 aliphatic carbocycles. The van der Waals surface area contributed by atoms with E-state index in [0.717, 1.165) is 11.4 Å². The molecule has 0 aromatic heterocycles. The van der Waals surface area contributed by atoms with E-state index in [1.54, 1.807) is 7.11 Å². The quantitative estimate of drug-likeness (QED) is 0.791. The Balaban J connectivity index is 2.04. The lowest BCUT2D eigenvalue weighted by molar-refractivity contribution is -0.856. The largest absolute Gasteiger partial charge is 0.497 e. The molecular formula is C12H17N4O+. The van der Waals surface area contributed by atoms with Gasteiger partial charge in [0, 0.05) is 7.05 Å². The first-order chi connectivity index (χ1) is 8.20. The molecule has 1 heterocycles. The van der Waals surface area contributed by atoms with Crippen LogP contribution >= 0.6 is 0 Å². The van der Waals surface area contributed by atoms with Crippen LogP contribution in [-0.4, -0.2) is 32.4 Å². The summed E-state index contributed by atoms with van der Waals surface area (Å²) in [7, 11) is 5.69. The van der Waals surface area contributed by atoms with E-state index in [0.29, 0.717) is 0 Å². The number of nitrogens with one attached hydrogen (secondary N) is 1. The number of methoxy groups -OCH3 is 1. The first kappa shape index (κ1) is 11.6. The average molecular weight is 233 g/mol. The van der Waals surface area contributed by atoms with Gasteiger partial charge in [0.1, 0.15) is 11.9 Å². The molecule has 2 rings (SSSR count). The van der Waals surface area contributed by atoms with Crippen molar-refractivity contribution in [3.05, 3.63) is 36.7 Å². The Morgan fingerprint density at radius 2 is 2.00 bits per heavy atom. The number of nitrogens with zero attached hydrogens (tertiary/aromatic N) is 3.